The molecule has 4 aliphatic heterocycles. The molecular formula is C32H42N5O5+. The van der Waals surface area contributed by atoms with E-state index >= 15 is 0 Å². The topological polar surface area (TPSA) is 119 Å². The Kier molecular flexibility index (Phi) is 6.18. The Morgan fingerprint density at radius 2 is 2.05 bits per heavy atom. The number of aromatic nitrogens is 1. The molecular weight excluding hydrogens is 534 g/mol. The number of carbonyl (C=O) groups is 3. The molecule has 5 aliphatic rings. The number of amides is 3. The van der Waals surface area contributed by atoms with Gasteiger partial charge in [0, 0.05) is 41.6 Å². The predicted molar refractivity (Wildman–Crippen MR) is 156 cm³/mol. The summed E-state index contributed by atoms with van der Waals surface area (Å²) in [5, 5.41) is 16.4. The second kappa shape index (κ2) is 9.39. The lowest BCUT2D eigenvalue weighted by Gasteiger charge is -2.49. The Bertz CT molecular complexity index is 1510. The van der Waals surface area contributed by atoms with Crippen LogP contribution in [0.25, 0.3) is 16.5 Å². The number of rotatable bonds is 5. The van der Waals surface area contributed by atoms with Crippen LogP contribution in [-0.2, 0) is 25.5 Å². The van der Waals surface area contributed by atoms with E-state index in [0.29, 0.717) is 25.9 Å². The van der Waals surface area contributed by atoms with Crippen LogP contribution in [0.5, 0.6) is 0 Å². The minimum Gasteiger partial charge on any atom is -0.361 e. The van der Waals surface area contributed by atoms with E-state index in [-0.39, 0.29) is 23.8 Å². The van der Waals surface area contributed by atoms with E-state index in [1.165, 1.54) is 20.7 Å². The van der Waals surface area contributed by atoms with Crippen LogP contribution in [0.1, 0.15) is 58.1 Å². The maximum Gasteiger partial charge on any atom is 0.281 e. The first kappa shape index (κ1) is 27.6. The van der Waals surface area contributed by atoms with E-state index in [2.05, 4.69) is 41.8 Å². The zero-order valence-electron chi connectivity index (χ0n) is 25.1. The summed E-state index contributed by atoms with van der Waals surface area (Å²) in [5.41, 5.74) is 2.89. The largest absolute Gasteiger partial charge is 0.361 e. The van der Waals surface area contributed by atoms with E-state index in [9.17, 15) is 19.5 Å². The zero-order chi connectivity index (χ0) is 29.7. The molecule has 0 saturated carbocycles. The van der Waals surface area contributed by atoms with Crippen molar-refractivity contribution in [3.05, 3.63) is 41.6 Å². The molecule has 1 aromatic carbocycles. The fourth-order valence-corrected chi connectivity index (χ4v) is 8.24. The molecule has 10 heteroatoms. The molecule has 4 N–H and O–H groups in total. The highest BCUT2D eigenvalue weighted by molar-refractivity contribution is 6.00. The first-order valence-electron chi connectivity index (χ1n) is 15.5. The van der Waals surface area contributed by atoms with Gasteiger partial charge in [-0.05, 0) is 42.4 Å². The van der Waals surface area contributed by atoms with E-state index in [0.717, 1.165) is 29.5 Å². The first-order valence-corrected chi connectivity index (χ1v) is 15.5. The molecule has 5 heterocycles. The Balaban J connectivity index is 1.24. The third kappa shape index (κ3) is 3.70. The van der Waals surface area contributed by atoms with Crippen molar-refractivity contribution in [3.8, 4) is 0 Å². The molecule has 1 aromatic heterocycles. The highest BCUT2D eigenvalue weighted by Crippen LogP contribution is 2.48. The monoisotopic (exact) mass is 576 g/mol. The maximum absolute atomic E-state index is 14.4. The lowest BCUT2D eigenvalue weighted by Crippen LogP contribution is -3.15. The number of H-pyrrole nitrogens is 1. The van der Waals surface area contributed by atoms with Gasteiger partial charge in [-0.3, -0.25) is 24.0 Å². The minimum atomic E-state index is -2.00. The third-order valence-electron chi connectivity index (χ3n) is 10.3. The molecule has 7 atom stereocenters. The van der Waals surface area contributed by atoms with E-state index in [4.69, 9.17) is 4.74 Å². The average molecular weight is 577 g/mol. The number of hydrogen-bond acceptors (Lipinski definition) is 5. The number of hydrogen-bond donors (Lipinski definition) is 4. The van der Waals surface area contributed by atoms with Gasteiger partial charge in [-0.2, -0.15) is 0 Å². The second-order valence-electron chi connectivity index (χ2n) is 13.7. The standard InChI is InChI=1S/C32H41N5O5/c1-17(2)12-25-29(39)36-11-7-10-26(36)32(41)37(25)30(40)31(42-32,18(3)4)34-28(38)20-13-22-21-8-6-9-23-27(21)19(15-33-23)14-24(22)35(5)16-20/h6,8-9,13,15,17-18,20,24-26,33,41H,7,10-12,14,16H2,1-5H3,(H,34,38)/p+1/t20-,24+,25-,26+,31-,32+/m0/s1. The molecule has 1 aliphatic carbocycles. The summed E-state index contributed by atoms with van der Waals surface area (Å²) in [6.45, 7) is 8.70. The number of carbonyl (C=O) groups excluding carboxylic acids is 3. The van der Waals surface area contributed by atoms with Gasteiger partial charge in [0.2, 0.25) is 17.5 Å². The van der Waals surface area contributed by atoms with E-state index in [1.807, 2.05) is 33.8 Å². The van der Waals surface area contributed by atoms with E-state index in [1.54, 1.807) is 4.90 Å². The number of ether oxygens (including phenoxy) is 1. The summed E-state index contributed by atoms with van der Waals surface area (Å²) in [4.78, 5) is 49.7. The number of nitrogens with zero attached hydrogens (tertiary/aromatic N) is 2. The SMILES string of the molecule is CC(C)C[C@H]1C(=O)N2CCC[C@@H]2[C@@]2(O)O[C@@](NC(=O)[C@H]3C=C4c5cccc6[nH]cc(c56)C[C@H]4[NH+](C)C3)(C(C)C)C(=O)N12. The van der Waals surface area contributed by atoms with Gasteiger partial charge in [0.15, 0.2) is 0 Å². The molecule has 10 nitrogen and oxygen atoms in total. The molecule has 1 unspecified atom stereocenters. The van der Waals surface area contributed by atoms with Crippen LogP contribution >= 0.6 is 0 Å². The molecule has 224 valence electrons. The number of fused-ring (bicyclic) bond motifs is 5. The molecule has 7 rings (SSSR count). The number of piperazine rings is 1. The van der Waals surface area contributed by atoms with Crippen LogP contribution in [0.3, 0.4) is 0 Å². The van der Waals surface area contributed by atoms with Crippen molar-refractivity contribution in [1.29, 1.82) is 0 Å². The number of benzene rings is 1. The molecule has 3 amide bonds. The van der Waals surface area contributed by atoms with Gasteiger partial charge < -0.3 is 25.2 Å². The van der Waals surface area contributed by atoms with Crippen LogP contribution < -0.4 is 10.2 Å². The summed E-state index contributed by atoms with van der Waals surface area (Å²) in [5.74, 6) is -3.88. The van der Waals surface area contributed by atoms with Crippen molar-refractivity contribution in [2.75, 3.05) is 20.1 Å². The molecule has 2 aromatic rings. The van der Waals surface area contributed by atoms with Crippen molar-refractivity contribution in [1.82, 2.24) is 20.1 Å². The molecule has 0 spiro atoms. The summed E-state index contributed by atoms with van der Waals surface area (Å²) in [7, 11) is 2.12. The molecule has 42 heavy (non-hydrogen) atoms. The Labute approximate surface area is 246 Å². The fourth-order valence-electron chi connectivity index (χ4n) is 8.24. The lowest BCUT2D eigenvalue weighted by molar-refractivity contribution is -0.900. The number of aromatic amines is 1. The predicted octanol–water partition coefficient (Wildman–Crippen LogP) is 1.01. The van der Waals surface area contributed by atoms with Gasteiger partial charge >= 0.3 is 0 Å². The highest BCUT2D eigenvalue weighted by atomic mass is 16.7. The number of aliphatic hydroxyl groups is 1. The molecule has 3 fully saturated rings. The summed E-state index contributed by atoms with van der Waals surface area (Å²) < 4.78 is 6.44. The lowest BCUT2D eigenvalue weighted by atomic mass is 9.79. The van der Waals surface area contributed by atoms with Gasteiger partial charge in [0.1, 0.15) is 24.0 Å². The van der Waals surface area contributed by atoms with Gasteiger partial charge in [-0.25, -0.2) is 0 Å². The number of quaternary nitrogens is 1. The minimum absolute atomic E-state index is 0.111. The molecule has 0 radical (unpaired) electrons. The van der Waals surface area contributed by atoms with Crippen LogP contribution in [0.2, 0.25) is 0 Å². The van der Waals surface area contributed by atoms with Gasteiger partial charge in [-0.1, -0.05) is 45.9 Å². The van der Waals surface area contributed by atoms with Crippen molar-refractivity contribution in [2.24, 2.45) is 17.8 Å². The van der Waals surface area contributed by atoms with Crippen molar-refractivity contribution in [2.45, 2.75) is 83.1 Å². The summed E-state index contributed by atoms with van der Waals surface area (Å²) in [6, 6.07) is 4.96. The second-order valence-corrected chi connectivity index (χ2v) is 13.7. The average Bonchev–Trinajstić information content (AvgIpc) is 3.65. The number of nitrogens with one attached hydrogen (secondary N) is 3. The maximum atomic E-state index is 14.4. The quantitative estimate of drug-likeness (QED) is 0.424. The molecule has 3 saturated heterocycles. The van der Waals surface area contributed by atoms with Gasteiger partial charge in [-0.15, -0.1) is 0 Å². The van der Waals surface area contributed by atoms with Crippen LogP contribution in [-0.4, -0.2) is 87.5 Å². The first-order chi connectivity index (χ1) is 20.0. The summed E-state index contributed by atoms with van der Waals surface area (Å²) in [6.07, 6.45) is 6.70. The van der Waals surface area contributed by atoms with Crippen LogP contribution in [0.15, 0.2) is 30.5 Å². The normalized spacial score (nSPS) is 35.5. The molecule has 0 bridgehead atoms. The fraction of sp³-hybridized carbons (Fsp3) is 0.594. The van der Waals surface area contributed by atoms with Crippen molar-refractivity contribution >= 4 is 34.2 Å². The van der Waals surface area contributed by atoms with Crippen LogP contribution in [0, 0.1) is 17.8 Å². The Morgan fingerprint density at radius 3 is 2.79 bits per heavy atom. The van der Waals surface area contributed by atoms with Crippen LogP contribution in [0.4, 0.5) is 0 Å². The Hall–Kier alpha value is -3.21. The smallest absolute Gasteiger partial charge is 0.281 e. The van der Waals surface area contributed by atoms with Gasteiger partial charge in [0.25, 0.3) is 11.8 Å². The highest BCUT2D eigenvalue weighted by Gasteiger charge is 2.72. The zero-order valence-corrected chi connectivity index (χ0v) is 25.1. The third-order valence-corrected chi connectivity index (χ3v) is 10.3. The summed E-state index contributed by atoms with van der Waals surface area (Å²) >= 11 is 0. The number of likely N-dealkylation sites (N-methyl/N-ethyl adjacent to an activating group) is 1. The Morgan fingerprint density at radius 1 is 1.26 bits per heavy atom. The van der Waals surface area contributed by atoms with Gasteiger partial charge in [0.05, 0.1) is 13.6 Å². The van der Waals surface area contributed by atoms with Crippen molar-refractivity contribution < 1.29 is 29.1 Å². The van der Waals surface area contributed by atoms with Crippen molar-refractivity contribution in [3.63, 3.8) is 0 Å². The van der Waals surface area contributed by atoms with E-state index < -0.39 is 41.5 Å².